The van der Waals surface area contributed by atoms with Crippen LogP contribution in [0.5, 0.6) is 0 Å². The third kappa shape index (κ3) is 2.85. The van der Waals surface area contributed by atoms with Gasteiger partial charge in [0.1, 0.15) is 6.04 Å². The van der Waals surface area contributed by atoms with E-state index in [2.05, 4.69) is 10.6 Å². The van der Waals surface area contributed by atoms with E-state index in [1.165, 1.54) is 6.07 Å². The Morgan fingerprint density at radius 3 is 2.84 bits per heavy atom. The van der Waals surface area contributed by atoms with Gasteiger partial charge in [-0.15, -0.1) is 0 Å². The number of rotatable bonds is 2. The number of amides is 3. The molecule has 1 aromatic rings. The quantitative estimate of drug-likeness (QED) is 0.541. The summed E-state index contributed by atoms with van der Waals surface area (Å²) in [5, 5.41) is 4.97. The number of benzene rings is 1. The first-order valence-electron chi connectivity index (χ1n) is 5.67. The number of piperidine rings is 1. The maximum atomic E-state index is 12.0. The molecule has 1 atom stereocenters. The Hall–Kier alpha value is -2.08. The summed E-state index contributed by atoms with van der Waals surface area (Å²) >= 11 is 5.82. The number of anilines is 1. The van der Waals surface area contributed by atoms with Crippen LogP contribution in [0.25, 0.3) is 0 Å². The number of nitrogens with two attached hydrogens (primary N) is 1. The Morgan fingerprint density at radius 2 is 2.16 bits per heavy atom. The largest absolute Gasteiger partial charge is 0.397 e. The minimum atomic E-state index is -0.733. The average molecular weight is 282 g/mol. The molecule has 3 amide bonds. The first kappa shape index (κ1) is 13.4. The Kier molecular flexibility index (Phi) is 3.71. The summed E-state index contributed by atoms with van der Waals surface area (Å²) in [5.41, 5.74) is 6.06. The smallest absolute Gasteiger partial charge is 0.254 e. The monoisotopic (exact) mass is 281 g/mol. The molecule has 1 aliphatic heterocycles. The lowest BCUT2D eigenvalue weighted by molar-refractivity contribution is -0.134. The Labute approximate surface area is 114 Å². The van der Waals surface area contributed by atoms with Crippen molar-refractivity contribution < 1.29 is 14.4 Å². The number of hydrogen-bond acceptors (Lipinski definition) is 4. The number of carbonyl (C=O) groups excluding carboxylic acids is 3. The van der Waals surface area contributed by atoms with Crippen molar-refractivity contribution >= 4 is 35.0 Å². The van der Waals surface area contributed by atoms with Crippen molar-refractivity contribution in [1.29, 1.82) is 0 Å². The minimum absolute atomic E-state index is 0.161. The normalized spacial score (nSPS) is 18.9. The highest BCUT2D eigenvalue weighted by molar-refractivity contribution is 6.34. The van der Waals surface area contributed by atoms with Crippen molar-refractivity contribution in [2.45, 2.75) is 18.9 Å². The number of halogens is 1. The molecule has 0 radical (unpaired) electrons. The zero-order valence-corrected chi connectivity index (χ0v) is 10.7. The highest BCUT2D eigenvalue weighted by Gasteiger charge is 2.28. The van der Waals surface area contributed by atoms with E-state index in [4.69, 9.17) is 17.3 Å². The third-order valence-corrected chi connectivity index (χ3v) is 3.17. The molecule has 4 N–H and O–H groups in total. The van der Waals surface area contributed by atoms with E-state index in [0.29, 0.717) is 0 Å². The highest BCUT2D eigenvalue weighted by atomic mass is 35.5. The summed E-state index contributed by atoms with van der Waals surface area (Å²) in [6, 6.07) is 3.95. The van der Waals surface area contributed by atoms with E-state index in [0.717, 1.165) is 0 Å². The standard InChI is InChI=1S/C12H12ClN3O3/c13-7-3-1-2-6(10(7)14)11(18)15-8-4-5-9(17)16-12(8)19/h1-3,8H,4-5,14H2,(H,15,18)(H,16,17,19). The number of hydrogen-bond donors (Lipinski definition) is 3. The molecule has 1 unspecified atom stereocenters. The topological polar surface area (TPSA) is 101 Å². The van der Waals surface area contributed by atoms with E-state index < -0.39 is 17.9 Å². The van der Waals surface area contributed by atoms with Gasteiger partial charge in [-0.3, -0.25) is 19.7 Å². The number of imide groups is 1. The minimum Gasteiger partial charge on any atom is -0.397 e. The van der Waals surface area contributed by atoms with E-state index in [1.54, 1.807) is 12.1 Å². The van der Waals surface area contributed by atoms with Gasteiger partial charge in [0, 0.05) is 6.42 Å². The van der Waals surface area contributed by atoms with Gasteiger partial charge in [0.25, 0.3) is 5.91 Å². The summed E-state index contributed by atoms with van der Waals surface area (Å²) in [4.78, 5) is 34.5. The first-order valence-corrected chi connectivity index (χ1v) is 6.05. The molecule has 0 saturated carbocycles. The van der Waals surface area contributed by atoms with Crippen molar-refractivity contribution in [2.75, 3.05) is 5.73 Å². The molecule has 7 heteroatoms. The van der Waals surface area contributed by atoms with E-state index in [-0.39, 0.29) is 35.0 Å². The maximum absolute atomic E-state index is 12.0. The summed E-state index contributed by atoms with van der Waals surface area (Å²) in [5.74, 6) is -1.34. The number of para-hydroxylation sites is 1. The lowest BCUT2D eigenvalue weighted by atomic mass is 10.1. The van der Waals surface area contributed by atoms with E-state index in [9.17, 15) is 14.4 Å². The number of carbonyl (C=O) groups is 3. The third-order valence-electron chi connectivity index (χ3n) is 2.84. The zero-order valence-electron chi connectivity index (χ0n) is 9.90. The molecule has 0 bridgehead atoms. The molecule has 1 saturated heterocycles. The van der Waals surface area contributed by atoms with Gasteiger partial charge in [-0.05, 0) is 18.6 Å². The Bertz CT molecular complexity index is 559. The van der Waals surface area contributed by atoms with Crippen LogP contribution in [0.2, 0.25) is 5.02 Å². The van der Waals surface area contributed by atoms with Gasteiger partial charge < -0.3 is 11.1 Å². The predicted octanol–water partition coefficient (Wildman–Crippen LogP) is 0.457. The van der Waals surface area contributed by atoms with Crippen molar-refractivity contribution in [3.63, 3.8) is 0 Å². The second kappa shape index (κ2) is 5.27. The summed E-state index contributed by atoms with van der Waals surface area (Å²) in [6.07, 6.45) is 0.471. The van der Waals surface area contributed by atoms with Crippen molar-refractivity contribution in [3.8, 4) is 0 Å². The van der Waals surface area contributed by atoms with Crippen LogP contribution in [-0.4, -0.2) is 23.8 Å². The molecule has 1 fully saturated rings. The first-order chi connectivity index (χ1) is 8.99. The van der Waals surface area contributed by atoms with Gasteiger partial charge >= 0.3 is 0 Å². The molecule has 0 spiro atoms. The zero-order chi connectivity index (χ0) is 14.0. The maximum Gasteiger partial charge on any atom is 0.254 e. The van der Waals surface area contributed by atoms with Gasteiger partial charge in [0.2, 0.25) is 11.8 Å². The fourth-order valence-corrected chi connectivity index (χ4v) is 1.98. The van der Waals surface area contributed by atoms with Gasteiger partial charge in [-0.2, -0.15) is 0 Å². The lowest BCUT2D eigenvalue weighted by Crippen LogP contribution is -2.52. The Balaban J connectivity index is 2.11. The van der Waals surface area contributed by atoms with Crippen LogP contribution in [0.15, 0.2) is 18.2 Å². The molecular weight excluding hydrogens is 270 g/mol. The van der Waals surface area contributed by atoms with Gasteiger partial charge in [-0.25, -0.2) is 0 Å². The average Bonchev–Trinajstić information content (AvgIpc) is 2.36. The van der Waals surface area contributed by atoms with Crippen LogP contribution >= 0.6 is 11.6 Å². The molecule has 19 heavy (non-hydrogen) atoms. The van der Waals surface area contributed by atoms with Crippen LogP contribution in [0.3, 0.4) is 0 Å². The molecule has 2 rings (SSSR count). The second-order valence-electron chi connectivity index (χ2n) is 4.18. The van der Waals surface area contributed by atoms with Crippen molar-refractivity contribution in [2.24, 2.45) is 0 Å². The SMILES string of the molecule is Nc1c(Cl)cccc1C(=O)NC1CCC(=O)NC1=O. The van der Waals surface area contributed by atoms with Crippen LogP contribution < -0.4 is 16.4 Å². The molecule has 1 aromatic carbocycles. The molecule has 0 aliphatic carbocycles. The van der Waals surface area contributed by atoms with E-state index in [1.807, 2.05) is 0 Å². The van der Waals surface area contributed by atoms with Gasteiger partial charge in [-0.1, -0.05) is 17.7 Å². The summed E-state index contributed by atoms with van der Waals surface area (Å²) in [7, 11) is 0. The van der Waals surface area contributed by atoms with Gasteiger partial charge in [0.15, 0.2) is 0 Å². The molecule has 100 valence electrons. The fourth-order valence-electron chi connectivity index (χ4n) is 1.80. The highest BCUT2D eigenvalue weighted by Crippen LogP contribution is 2.22. The lowest BCUT2D eigenvalue weighted by Gasteiger charge is -2.22. The van der Waals surface area contributed by atoms with Crippen LogP contribution in [-0.2, 0) is 9.59 Å². The fraction of sp³-hybridized carbons (Fsp3) is 0.250. The predicted molar refractivity (Wildman–Crippen MR) is 69.5 cm³/mol. The molecule has 1 aliphatic rings. The van der Waals surface area contributed by atoms with Gasteiger partial charge in [0.05, 0.1) is 16.3 Å². The van der Waals surface area contributed by atoms with Crippen molar-refractivity contribution in [1.82, 2.24) is 10.6 Å². The van der Waals surface area contributed by atoms with E-state index >= 15 is 0 Å². The Morgan fingerprint density at radius 1 is 1.42 bits per heavy atom. The van der Waals surface area contributed by atoms with Crippen molar-refractivity contribution in [3.05, 3.63) is 28.8 Å². The molecule has 6 nitrogen and oxygen atoms in total. The van der Waals surface area contributed by atoms with Crippen LogP contribution in [0.4, 0.5) is 5.69 Å². The second-order valence-corrected chi connectivity index (χ2v) is 4.59. The van der Waals surface area contributed by atoms with Crippen LogP contribution in [0, 0.1) is 0 Å². The molecular formula is C12H12ClN3O3. The number of nitrogens with one attached hydrogen (secondary N) is 2. The summed E-state index contributed by atoms with van der Waals surface area (Å²) in [6.45, 7) is 0. The molecule has 1 heterocycles. The van der Waals surface area contributed by atoms with Crippen LogP contribution in [0.1, 0.15) is 23.2 Å². The number of nitrogen functional groups attached to an aromatic ring is 1. The molecule has 0 aromatic heterocycles. The summed E-state index contributed by atoms with van der Waals surface area (Å²) < 4.78 is 0.